The first-order valence-corrected chi connectivity index (χ1v) is 8.24. The lowest BCUT2D eigenvalue weighted by atomic mass is 9.97. The van der Waals surface area contributed by atoms with Gasteiger partial charge in [0, 0.05) is 30.4 Å². The second-order valence-electron chi connectivity index (χ2n) is 6.52. The zero-order valence-electron chi connectivity index (χ0n) is 12.6. The molecule has 1 N–H and O–H groups in total. The summed E-state index contributed by atoms with van der Waals surface area (Å²) in [6.45, 7) is 4.69. The minimum Gasteiger partial charge on any atom is -0.486 e. The fourth-order valence-electron chi connectivity index (χ4n) is 3.96. The number of rotatable bonds is 1. The van der Waals surface area contributed by atoms with Crippen LogP contribution in [0.2, 0.25) is 0 Å². The van der Waals surface area contributed by atoms with Gasteiger partial charge in [-0.1, -0.05) is 12.8 Å². The molecule has 1 spiro atoms. The van der Waals surface area contributed by atoms with E-state index < -0.39 is 0 Å². The van der Waals surface area contributed by atoms with Crippen molar-refractivity contribution < 1.29 is 9.47 Å². The Morgan fingerprint density at radius 3 is 2.67 bits per heavy atom. The van der Waals surface area contributed by atoms with Gasteiger partial charge in [-0.25, -0.2) is 0 Å². The van der Waals surface area contributed by atoms with Crippen LogP contribution in [0.3, 0.4) is 0 Å². The first-order chi connectivity index (χ1) is 10.3. The summed E-state index contributed by atoms with van der Waals surface area (Å²) in [5, 5.41) is 3.82. The van der Waals surface area contributed by atoms with E-state index in [-0.39, 0.29) is 0 Å². The zero-order valence-corrected chi connectivity index (χ0v) is 12.6. The largest absolute Gasteiger partial charge is 0.486 e. The van der Waals surface area contributed by atoms with Crippen molar-refractivity contribution in [3.05, 3.63) is 18.2 Å². The van der Waals surface area contributed by atoms with E-state index in [0.29, 0.717) is 18.8 Å². The van der Waals surface area contributed by atoms with Gasteiger partial charge < -0.3 is 19.7 Å². The third-order valence-electron chi connectivity index (χ3n) is 5.05. The Morgan fingerprint density at radius 1 is 1.00 bits per heavy atom. The average Bonchev–Trinajstić information content (AvgIpc) is 2.87. The molecule has 4 heteroatoms. The molecule has 21 heavy (non-hydrogen) atoms. The van der Waals surface area contributed by atoms with Crippen molar-refractivity contribution in [2.45, 2.75) is 37.6 Å². The summed E-state index contributed by atoms with van der Waals surface area (Å²) in [7, 11) is 0. The number of nitrogens with zero attached hydrogens (tertiary/aromatic N) is 1. The monoisotopic (exact) mass is 288 g/mol. The number of nitrogens with one attached hydrogen (secondary N) is 1. The van der Waals surface area contributed by atoms with Crippen LogP contribution in [0.25, 0.3) is 0 Å². The molecule has 3 aliphatic rings. The predicted molar refractivity (Wildman–Crippen MR) is 83.5 cm³/mol. The summed E-state index contributed by atoms with van der Waals surface area (Å²) in [5.74, 6) is 1.78. The van der Waals surface area contributed by atoms with Crippen LogP contribution >= 0.6 is 0 Å². The van der Waals surface area contributed by atoms with Crippen LogP contribution in [-0.2, 0) is 0 Å². The van der Waals surface area contributed by atoms with E-state index in [1.54, 1.807) is 0 Å². The van der Waals surface area contributed by atoms with E-state index in [2.05, 4.69) is 28.4 Å². The van der Waals surface area contributed by atoms with Gasteiger partial charge in [-0.05, 0) is 37.9 Å². The summed E-state index contributed by atoms with van der Waals surface area (Å²) >= 11 is 0. The van der Waals surface area contributed by atoms with Crippen molar-refractivity contribution in [3.8, 4) is 11.5 Å². The lowest BCUT2D eigenvalue weighted by Gasteiger charge is -2.34. The lowest BCUT2D eigenvalue weighted by Crippen LogP contribution is -2.49. The maximum atomic E-state index is 5.74. The Hall–Kier alpha value is -1.42. The van der Waals surface area contributed by atoms with Crippen LogP contribution in [0.4, 0.5) is 5.69 Å². The third kappa shape index (κ3) is 2.57. The van der Waals surface area contributed by atoms with Gasteiger partial charge >= 0.3 is 0 Å². The molecule has 0 amide bonds. The number of hydrogen-bond donors (Lipinski definition) is 1. The highest BCUT2D eigenvalue weighted by molar-refractivity contribution is 5.57. The van der Waals surface area contributed by atoms with Crippen LogP contribution < -0.4 is 19.7 Å². The molecule has 1 aromatic carbocycles. The first kappa shape index (κ1) is 13.3. The Bertz CT molecular complexity index is 512. The van der Waals surface area contributed by atoms with Crippen LogP contribution in [-0.4, -0.2) is 38.4 Å². The first-order valence-electron chi connectivity index (χ1n) is 8.24. The molecule has 2 fully saturated rings. The average molecular weight is 288 g/mol. The van der Waals surface area contributed by atoms with Gasteiger partial charge in [0.2, 0.25) is 0 Å². The number of ether oxygens (including phenoxy) is 2. The fourth-order valence-corrected chi connectivity index (χ4v) is 3.96. The van der Waals surface area contributed by atoms with Crippen LogP contribution in [0.15, 0.2) is 18.2 Å². The second-order valence-corrected chi connectivity index (χ2v) is 6.52. The molecule has 4 nitrogen and oxygen atoms in total. The summed E-state index contributed by atoms with van der Waals surface area (Å²) < 4.78 is 11.4. The molecule has 0 unspecified atom stereocenters. The third-order valence-corrected chi connectivity index (χ3v) is 5.05. The Balaban J connectivity index is 1.59. The van der Waals surface area contributed by atoms with Gasteiger partial charge in [0.05, 0.1) is 0 Å². The van der Waals surface area contributed by atoms with Gasteiger partial charge in [-0.2, -0.15) is 0 Å². The molecular weight excluding hydrogens is 264 g/mol. The predicted octanol–water partition coefficient (Wildman–Crippen LogP) is 2.57. The van der Waals surface area contributed by atoms with Crippen molar-refractivity contribution >= 4 is 5.69 Å². The fraction of sp³-hybridized carbons (Fsp3) is 0.647. The van der Waals surface area contributed by atoms with Gasteiger partial charge in [0.25, 0.3) is 0 Å². The summed E-state index contributed by atoms with van der Waals surface area (Å²) in [6.07, 6.45) is 6.56. The number of anilines is 1. The van der Waals surface area contributed by atoms with E-state index in [1.807, 2.05) is 0 Å². The summed E-state index contributed by atoms with van der Waals surface area (Å²) in [5.41, 5.74) is 1.61. The molecule has 1 aromatic rings. The molecular formula is C17H24N2O2. The Morgan fingerprint density at radius 2 is 1.81 bits per heavy atom. The highest BCUT2D eigenvalue weighted by Gasteiger charge is 2.36. The molecule has 1 saturated heterocycles. The molecule has 4 rings (SSSR count). The maximum Gasteiger partial charge on any atom is 0.163 e. The van der Waals surface area contributed by atoms with E-state index in [4.69, 9.17) is 9.47 Å². The standard InChI is InChI=1S/C17H24N2O2/c1-2-7-17(6-1)13-19(9-3-8-18-17)14-4-5-15-16(12-14)21-11-10-20-15/h4-5,12,18H,1-3,6-11,13H2. The van der Waals surface area contributed by atoms with Crippen molar-refractivity contribution in [3.63, 3.8) is 0 Å². The minimum atomic E-state index is 0.337. The van der Waals surface area contributed by atoms with Crippen LogP contribution in [0, 0.1) is 0 Å². The zero-order chi connectivity index (χ0) is 14.1. The number of benzene rings is 1. The minimum absolute atomic E-state index is 0.337. The number of hydrogen-bond acceptors (Lipinski definition) is 4. The van der Waals surface area contributed by atoms with E-state index in [1.165, 1.54) is 37.8 Å². The Labute approximate surface area is 126 Å². The van der Waals surface area contributed by atoms with Crippen molar-refractivity contribution in [2.24, 2.45) is 0 Å². The Kier molecular flexibility index (Phi) is 3.42. The second kappa shape index (κ2) is 5.41. The molecule has 0 bridgehead atoms. The van der Waals surface area contributed by atoms with Crippen LogP contribution in [0.1, 0.15) is 32.1 Å². The molecule has 0 radical (unpaired) electrons. The smallest absolute Gasteiger partial charge is 0.163 e. The van der Waals surface area contributed by atoms with E-state index in [0.717, 1.165) is 31.1 Å². The van der Waals surface area contributed by atoms with Gasteiger partial charge in [0.15, 0.2) is 11.5 Å². The summed E-state index contributed by atoms with van der Waals surface area (Å²) in [4.78, 5) is 2.53. The number of fused-ring (bicyclic) bond motifs is 1. The molecule has 1 aliphatic carbocycles. The van der Waals surface area contributed by atoms with Gasteiger partial charge in [0.1, 0.15) is 13.2 Å². The summed E-state index contributed by atoms with van der Waals surface area (Å²) in [6, 6.07) is 6.40. The van der Waals surface area contributed by atoms with Crippen LogP contribution in [0.5, 0.6) is 11.5 Å². The normalized spacial score (nSPS) is 24.1. The van der Waals surface area contributed by atoms with Crippen molar-refractivity contribution in [2.75, 3.05) is 37.7 Å². The van der Waals surface area contributed by atoms with E-state index >= 15 is 0 Å². The van der Waals surface area contributed by atoms with Crippen molar-refractivity contribution in [1.82, 2.24) is 5.32 Å². The molecule has 1 saturated carbocycles. The molecule has 2 aliphatic heterocycles. The lowest BCUT2D eigenvalue weighted by molar-refractivity contribution is 0.171. The molecule has 0 aromatic heterocycles. The highest BCUT2D eigenvalue weighted by atomic mass is 16.6. The maximum absolute atomic E-state index is 5.74. The van der Waals surface area contributed by atoms with Gasteiger partial charge in [-0.15, -0.1) is 0 Å². The molecule has 114 valence electrons. The topological polar surface area (TPSA) is 33.7 Å². The highest BCUT2D eigenvalue weighted by Crippen LogP contribution is 2.37. The van der Waals surface area contributed by atoms with E-state index in [9.17, 15) is 0 Å². The molecule has 2 heterocycles. The molecule has 0 atom stereocenters. The quantitative estimate of drug-likeness (QED) is 0.861. The van der Waals surface area contributed by atoms with Gasteiger partial charge in [-0.3, -0.25) is 0 Å². The van der Waals surface area contributed by atoms with Crippen molar-refractivity contribution in [1.29, 1.82) is 0 Å². The SMILES string of the molecule is c1cc2c(cc1N1CCCNC3(CCCC3)C1)OCCO2.